The van der Waals surface area contributed by atoms with Gasteiger partial charge in [0.2, 0.25) is 5.88 Å². The predicted octanol–water partition coefficient (Wildman–Crippen LogP) is 0.441. The number of ether oxygens (including phenoxy) is 2. The number of rotatable bonds is 5. The van der Waals surface area contributed by atoms with Crippen LogP contribution in [0.25, 0.3) is 0 Å². The summed E-state index contributed by atoms with van der Waals surface area (Å²) in [4.78, 5) is 4.09. The van der Waals surface area contributed by atoms with Crippen LogP contribution in [0.3, 0.4) is 0 Å². The minimum Gasteiger partial charge on any atom is -0.495 e. The van der Waals surface area contributed by atoms with Crippen LogP contribution in [0.2, 0.25) is 0 Å². The highest BCUT2D eigenvalue weighted by molar-refractivity contribution is 5.31. The highest BCUT2D eigenvalue weighted by Gasteiger charge is 2.15. The van der Waals surface area contributed by atoms with Gasteiger partial charge in [0.25, 0.3) is 0 Å². The molecule has 2 aromatic heterocycles. The van der Waals surface area contributed by atoms with Crippen molar-refractivity contribution in [3.63, 3.8) is 0 Å². The van der Waals surface area contributed by atoms with Crippen molar-refractivity contribution in [2.75, 3.05) is 14.2 Å². The van der Waals surface area contributed by atoms with Gasteiger partial charge in [0, 0.05) is 12.3 Å². The third-order valence-electron chi connectivity index (χ3n) is 2.64. The van der Waals surface area contributed by atoms with Gasteiger partial charge in [-0.3, -0.25) is 10.8 Å². The van der Waals surface area contributed by atoms with E-state index in [9.17, 15) is 0 Å². The van der Waals surface area contributed by atoms with Crippen LogP contribution < -0.4 is 20.7 Å². The molecule has 0 saturated heterocycles. The van der Waals surface area contributed by atoms with Crippen LogP contribution in [-0.2, 0) is 0 Å². The zero-order valence-corrected chi connectivity index (χ0v) is 10.7. The molecule has 0 amide bonds. The molecule has 0 aliphatic rings. The average molecular weight is 261 g/mol. The Kier molecular flexibility index (Phi) is 4.22. The predicted molar refractivity (Wildman–Crippen MR) is 68.5 cm³/mol. The molecule has 3 N–H and O–H groups in total. The molecular formula is C12H15N5O2. The first-order chi connectivity index (χ1) is 9.28. The summed E-state index contributed by atoms with van der Waals surface area (Å²) >= 11 is 0. The second-order valence-electron chi connectivity index (χ2n) is 3.76. The number of hydrogen-bond acceptors (Lipinski definition) is 7. The fourth-order valence-corrected chi connectivity index (χ4v) is 1.65. The first-order valence-corrected chi connectivity index (χ1v) is 5.61. The Morgan fingerprint density at radius 1 is 1.16 bits per heavy atom. The minimum atomic E-state index is -0.319. The first-order valence-electron chi connectivity index (χ1n) is 5.61. The number of aromatic nitrogens is 3. The molecule has 19 heavy (non-hydrogen) atoms. The van der Waals surface area contributed by atoms with Gasteiger partial charge in [-0.05, 0) is 17.7 Å². The molecule has 0 fully saturated rings. The lowest BCUT2D eigenvalue weighted by Gasteiger charge is -2.15. The Morgan fingerprint density at radius 2 is 2.00 bits per heavy atom. The van der Waals surface area contributed by atoms with Crippen LogP contribution in [0.15, 0.2) is 30.6 Å². The number of nitrogens with zero attached hydrogens (tertiary/aromatic N) is 3. The van der Waals surface area contributed by atoms with Gasteiger partial charge in [0.1, 0.15) is 5.75 Å². The third kappa shape index (κ3) is 2.95. The highest BCUT2D eigenvalue weighted by Crippen LogP contribution is 2.22. The summed E-state index contributed by atoms with van der Waals surface area (Å²) in [6.45, 7) is 0. The molecule has 1 atom stereocenters. The van der Waals surface area contributed by atoms with Crippen LogP contribution in [0.1, 0.15) is 17.3 Å². The van der Waals surface area contributed by atoms with Crippen LogP contribution in [-0.4, -0.2) is 29.4 Å². The van der Waals surface area contributed by atoms with Gasteiger partial charge in [-0.2, -0.15) is 0 Å². The lowest BCUT2D eigenvalue weighted by Crippen LogP contribution is -2.29. The summed E-state index contributed by atoms with van der Waals surface area (Å²) in [5.41, 5.74) is 4.18. The van der Waals surface area contributed by atoms with Crippen LogP contribution in [0.5, 0.6) is 11.6 Å². The molecule has 0 aliphatic heterocycles. The van der Waals surface area contributed by atoms with Crippen LogP contribution >= 0.6 is 0 Å². The Labute approximate surface area is 110 Å². The number of nitrogens with two attached hydrogens (primary N) is 1. The molecule has 0 aromatic carbocycles. The van der Waals surface area contributed by atoms with E-state index in [0.29, 0.717) is 17.3 Å². The number of pyridine rings is 1. The van der Waals surface area contributed by atoms with Gasteiger partial charge in [-0.1, -0.05) is 0 Å². The molecule has 2 rings (SSSR count). The van der Waals surface area contributed by atoms with Gasteiger partial charge < -0.3 is 9.47 Å². The topological polar surface area (TPSA) is 95.2 Å². The lowest BCUT2D eigenvalue weighted by molar-refractivity contribution is 0.390. The second kappa shape index (κ2) is 6.07. The normalized spacial score (nSPS) is 11.9. The van der Waals surface area contributed by atoms with Crippen molar-refractivity contribution < 1.29 is 9.47 Å². The van der Waals surface area contributed by atoms with Crippen molar-refractivity contribution in [3.05, 3.63) is 41.9 Å². The van der Waals surface area contributed by atoms with Crippen molar-refractivity contribution in [1.82, 2.24) is 20.6 Å². The third-order valence-corrected chi connectivity index (χ3v) is 2.64. The van der Waals surface area contributed by atoms with Crippen molar-refractivity contribution in [2.24, 2.45) is 5.84 Å². The fraction of sp³-hybridized carbons (Fsp3) is 0.250. The fourth-order valence-electron chi connectivity index (χ4n) is 1.65. The summed E-state index contributed by atoms with van der Waals surface area (Å²) in [7, 11) is 3.12. The molecule has 0 saturated carbocycles. The van der Waals surface area contributed by atoms with Gasteiger partial charge in [0.05, 0.1) is 32.2 Å². The molecule has 7 heteroatoms. The molecule has 0 spiro atoms. The molecule has 2 heterocycles. The summed E-state index contributed by atoms with van der Waals surface area (Å²) in [5.74, 6) is 6.68. The summed E-state index contributed by atoms with van der Waals surface area (Å²) in [5, 5.41) is 7.98. The van der Waals surface area contributed by atoms with E-state index in [1.54, 1.807) is 31.6 Å². The van der Waals surface area contributed by atoms with Crippen molar-refractivity contribution in [3.8, 4) is 11.6 Å². The van der Waals surface area contributed by atoms with Gasteiger partial charge in [-0.15, -0.1) is 10.2 Å². The summed E-state index contributed by atoms with van der Waals surface area (Å²) in [6, 6.07) is 5.03. The quantitative estimate of drug-likeness (QED) is 0.595. The van der Waals surface area contributed by atoms with E-state index < -0.39 is 0 Å². The molecule has 0 aliphatic carbocycles. The maximum Gasteiger partial charge on any atom is 0.233 e. The monoisotopic (exact) mass is 261 g/mol. The van der Waals surface area contributed by atoms with Gasteiger partial charge >= 0.3 is 0 Å². The van der Waals surface area contributed by atoms with Crippen LogP contribution in [0, 0.1) is 0 Å². The first kappa shape index (κ1) is 13.2. The molecule has 0 bridgehead atoms. The smallest absolute Gasteiger partial charge is 0.233 e. The zero-order valence-electron chi connectivity index (χ0n) is 10.7. The van der Waals surface area contributed by atoms with E-state index >= 15 is 0 Å². The number of hydrazine groups is 1. The maximum absolute atomic E-state index is 5.58. The molecule has 7 nitrogen and oxygen atoms in total. The summed E-state index contributed by atoms with van der Waals surface area (Å²) in [6.07, 6.45) is 3.32. The maximum atomic E-state index is 5.58. The molecule has 100 valence electrons. The largest absolute Gasteiger partial charge is 0.495 e. The van der Waals surface area contributed by atoms with E-state index in [2.05, 4.69) is 20.6 Å². The highest BCUT2D eigenvalue weighted by atomic mass is 16.5. The molecule has 2 aromatic rings. The van der Waals surface area contributed by atoms with E-state index in [4.69, 9.17) is 15.3 Å². The van der Waals surface area contributed by atoms with Gasteiger partial charge in [0.15, 0.2) is 0 Å². The molecular weight excluding hydrogens is 246 g/mol. The Balaban J connectivity index is 2.31. The number of nitrogens with one attached hydrogen (secondary N) is 1. The second-order valence-corrected chi connectivity index (χ2v) is 3.76. The molecule has 1 unspecified atom stereocenters. The minimum absolute atomic E-state index is 0.319. The van der Waals surface area contributed by atoms with Crippen molar-refractivity contribution >= 4 is 0 Å². The Hall–Kier alpha value is -2.25. The van der Waals surface area contributed by atoms with E-state index in [1.807, 2.05) is 6.07 Å². The Morgan fingerprint density at radius 3 is 2.58 bits per heavy atom. The number of hydrogen-bond donors (Lipinski definition) is 2. The lowest BCUT2D eigenvalue weighted by atomic mass is 10.1. The number of methoxy groups -OCH3 is 2. The average Bonchev–Trinajstić information content (AvgIpc) is 2.49. The van der Waals surface area contributed by atoms with E-state index in [1.165, 1.54) is 7.11 Å². The standard InChI is InChI=1S/C12H15N5O2/c1-18-9-5-8(6-14-7-9)12(15-13)10-3-4-11(19-2)17-16-10/h3-7,12,15H,13H2,1-2H3. The summed E-state index contributed by atoms with van der Waals surface area (Å²) < 4.78 is 10.1. The van der Waals surface area contributed by atoms with E-state index in [-0.39, 0.29) is 6.04 Å². The SMILES string of the molecule is COc1cncc(C(NN)c2ccc(OC)nn2)c1. The van der Waals surface area contributed by atoms with Crippen molar-refractivity contribution in [1.29, 1.82) is 0 Å². The van der Waals surface area contributed by atoms with Crippen molar-refractivity contribution in [2.45, 2.75) is 6.04 Å². The van der Waals surface area contributed by atoms with Gasteiger partial charge in [-0.25, -0.2) is 5.43 Å². The Bertz CT molecular complexity index is 532. The zero-order chi connectivity index (χ0) is 13.7. The van der Waals surface area contributed by atoms with Crippen LogP contribution in [0.4, 0.5) is 0 Å². The van der Waals surface area contributed by atoms with E-state index in [0.717, 1.165) is 5.56 Å². The molecule has 0 radical (unpaired) electrons.